The summed E-state index contributed by atoms with van der Waals surface area (Å²) in [5.41, 5.74) is 6.95. The van der Waals surface area contributed by atoms with Crippen molar-refractivity contribution in [1.29, 1.82) is 0 Å². The minimum absolute atomic E-state index is 0.164. The fraction of sp³-hybridized carbons (Fsp3) is 0.667. The largest absolute Gasteiger partial charge is 0.322 e. The predicted molar refractivity (Wildman–Crippen MR) is 77.2 cm³/mol. The summed E-state index contributed by atoms with van der Waals surface area (Å²) in [6.07, 6.45) is 1.22. The van der Waals surface area contributed by atoms with Gasteiger partial charge in [-0.05, 0) is 37.9 Å². The topological polar surface area (TPSA) is 42.1 Å². The number of aromatic nitrogens is 1. The summed E-state index contributed by atoms with van der Waals surface area (Å²) in [5.74, 6) is 0.552. The second-order valence-electron chi connectivity index (χ2n) is 5.83. The first-order valence-electron chi connectivity index (χ1n) is 6.90. The van der Waals surface area contributed by atoms with Crippen LogP contribution >= 0.6 is 0 Å². The Balaban J connectivity index is 2.62. The number of rotatable bonds is 6. The lowest BCUT2D eigenvalue weighted by Gasteiger charge is -2.32. The van der Waals surface area contributed by atoms with E-state index in [1.54, 1.807) is 6.07 Å². The maximum absolute atomic E-state index is 12.8. The molecule has 1 aromatic rings. The molecule has 0 aliphatic heterocycles. The van der Waals surface area contributed by atoms with Gasteiger partial charge in [0.25, 0.3) is 0 Å². The number of hydrogen-bond donors (Lipinski definition) is 1. The van der Waals surface area contributed by atoms with E-state index in [1.807, 2.05) is 0 Å². The van der Waals surface area contributed by atoms with Gasteiger partial charge >= 0.3 is 0 Å². The zero-order chi connectivity index (χ0) is 14.6. The average Bonchev–Trinajstić information content (AvgIpc) is 2.37. The summed E-state index contributed by atoms with van der Waals surface area (Å²) in [4.78, 5) is 6.39. The van der Waals surface area contributed by atoms with E-state index >= 15 is 0 Å². The van der Waals surface area contributed by atoms with Crippen LogP contribution in [-0.2, 0) is 0 Å². The van der Waals surface area contributed by atoms with Crippen molar-refractivity contribution in [3.63, 3.8) is 0 Å². The SMILES string of the molecule is CC(C)C(C)N(C)CC(C)C(N)c1ccc(F)cn1. The van der Waals surface area contributed by atoms with Gasteiger partial charge in [0.1, 0.15) is 5.82 Å². The first-order chi connectivity index (χ1) is 8.82. The summed E-state index contributed by atoms with van der Waals surface area (Å²) < 4.78 is 12.8. The van der Waals surface area contributed by atoms with E-state index in [0.717, 1.165) is 12.2 Å². The van der Waals surface area contributed by atoms with Crippen molar-refractivity contribution in [2.75, 3.05) is 13.6 Å². The lowest BCUT2D eigenvalue weighted by atomic mass is 9.97. The van der Waals surface area contributed by atoms with Crippen LogP contribution in [0.5, 0.6) is 0 Å². The van der Waals surface area contributed by atoms with Crippen molar-refractivity contribution < 1.29 is 4.39 Å². The van der Waals surface area contributed by atoms with Gasteiger partial charge in [0.05, 0.1) is 17.9 Å². The van der Waals surface area contributed by atoms with Gasteiger partial charge in [-0.15, -0.1) is 0 Å². The fourth-order valence-corrected chi connectivity index (χ4v) is 2.12. The van der Waals surface area contributed by atoms with E-state index < -0.39 is 0 Å². The molecule has 19 heavy (non-hydrogen) atoms. The van der Waals surface area contributed by atoms with Gasteiger partial charge in [0, 0.05) is 12.6 Å². The third kappa shape index (κ3) is 4.55. The summed E-state index contributed by atoms with van der Waals surface area (Å²) in [6, 6.07) is 3.43. The zero-order valence-corrected chi connectivity index (χ0v) is 12.6. The molecular formula is C15H26FN3. The summed E-state index contributed by atoms with van der Waals surface area (Å²) in [5, 5.41) is 0. The van der Waals surface area contributed by atoms with Crippen LogP contribution in [-0.4, -0.2) is 29.5 Å². The smallest absolute Gasteiger partial charge is 0.141 e. The second-order valence-corrected chi connectivity index (χ2v) is 5.83. The van der Waals surface area contributed by atoms with Gasteiger partial charge in [-0.2, -0.15) is 0 Å². The first-order valence-corrected chi connectivity index (χ1v) is 6.90. The molecule has 0 saturated heterocycles. The third-order valence-electron chi connectivity index (χ3n) is 3.94. The highest BCUT2D eigenvalue weighted by molar-refractivity contribution is 5.10. The monoisotopic (exact) mass is 267 g/mol. The van der Waals surface area contributed by atoms with Gasteiger partial charge < -0.3 is 10.6 Å². The van der Waals surface area contributed by atoms with Gasteiger partial charge in [-0.3, -0.25) is 4.98 Å². The number of hydrogen-bond acceptors (Lipinski definition) is 3. The third-order valence-corrected chi connectivity index (χ3v) is 3.94. The van der Waals surface area contributed by atoms with Crippen LogP contribution in [0.3, 0.4) is 0 Å². The minimum Gasteiger partial charge on any atom is -0.322 e. The van der Waals surface area contributed by atoms with Crippen molar-refractivity contribution in [3.05, 3.63) is 29.8 Å². The molecule has 0 aliphatic rings. The lowest BCUT2D eigenvalue weighted by Crippen LogP contribution is -2.39. The lowest BCUT2D eigenvalue weighted by molar-refractivity contribution is 0.173. The minimum atomic E-state index is -0.325. The molecule has 2 N–H and O–H groups in total. The molecule has 3 atom stereocenters. The van der Waals surface area contributed by atoms with Crippen LogP contribution in [0.2, 0.25) is 0 Å². The van der Waals surface area contributed by atoms with Crippen molar-refractivity contribution in [2.45, 2.75) is 39.8 Å². The Hall–Kier alpha value is -1.00. The number of nitrogens with two attached hydrogens (primary N) is 1. The highest BCUT2D eigenvalue weighted by atomic mass is 19.1. The molecule has 0 amide bonds. The molecule has 0 bridgehead atoms. The van der Waals surface area contributed by atoms with Crippen LogP contribution in [0, 0.1) is 17.7 Å². The van der Waals surface area contributed by atoms with Crippen molar-refractivity contribution in [2.24, 2.45) is 17.6 Å². The molecule has 0 aromatic carbocycles. The molecule has 0 saturated carbocycles. The Kier molecular flexibility index (Phi) is 5.88. The molecule has 0 aliphatic carbocycles. The zero-order valence-electron chi connectivity index (χ0n) is 12.6. The van der Waals surface area contributed by atoms with Crippen molar-refractivity contribution in [3.8, 4) is 0 Å². The molecule has 1 rings (SSSR count). The van der Waals surface area contributed by atoms with Crippen LogP contribution < -0.4 is 5.73 Å². The summed E-state index contributed by atoms with van der Waals surface area (Å²) in [7, 11) is 2.12. The van der Waals surface area contributed by atoms with Crippen LogP contribution in [0.1, 0.15) is 39.4 Å². The molecule has 1 heterocycles. The maximum atomic E-state index is 12.8. The second kappa shape index (κ2) is 6.96. The molecule has 0 spiro atoms. The van der Waals surface area contributed by atoms with E-state index in [2.05, 4.69) is 44.6 Å². The Morgan fingerprint density at radius 3 is 2.37 bits per heavy atom. The van der Waals surface area contributed by atoms with Crippen LogP contribution in [0.4, 0.5) is 4.39 Å². The maximum Gasteiger partial charge on any atom is 0.141 e. The Morgan fingerprint density at radius 1 is 1.26 bits per heavy atom. The number of pyridine rings is 1. The van der Waals surface area contributed by atoms with Gasteiger partial charge in [-0.1, -0.05) is 20.8 Å². The summed E-state index contributed by atoms with van der Waals surface area (Å²) in [6.45, 7) is 9.67. The Labute approximate surface area is 116 Å². The standard InChI is InChI=1S/C15H26FN3/c1-10(2)12(4)19(5)9-11(3)15(17)14-7-6-13(16)8-18-14/h6-8,10-12,15H,9,17H2,1-5H3. The Bertz CT molecular complexity index is 377. The normalized spacial score (nSPS) is 16.7. The van der Waals surface area contributed by atoms with E-state index in [9.17, 15) is 4.39 Å². The quantitative estimate of drug-likeness (QED) is 0.861. The van der Waals surface area contributed by atoms with Crippen molar-refractivity contribution >= 4 is 0 Å². The molecule has 0 radical (unpaired) electrons. The molecule has 3 unspecified atom stereocenters. The molecule has 4 heteroatoms. The summed E-state index contributed by atoms with van der Waals surface area (Å²) >= 11 is 0. The first kappa shape index (κ1) is 16.1. The highest BCUT2D eigenvalue weighted by Crippen LogP contribution is 2.20. The average molecular weight is 267 g/mol. The van der Waals surface area contributed by atoms with Crippen LogP contribution in [0.15, 0.2) is 18.3 Å². The fourth-order valence-electron chi connectivity index (χ4n) is 2.12. The van der Waals surface area contributed by atoms with E-state index in [0.29, 0.717) is 12.0 Å². The number of nitrogens with zero attached hydrogens (tertiary/aromatic N) is 2. The van der Waals surface area contributed by atoms with Gasteiger partial charge in [0.15, 0.2) is 0 Å². The predicted octanol–water partition coefficient (Wildman–Crippen LogP) is 2.83. The Morgan fingerprint density at radius 2 is 1.89 bits per heavy atom. The van der Waals surface area contributed by atoms with Gasteiger partial charge in [-0.25, -0.2) is 4.39 Å². The molecular weight excluding hydrogens is 241 g/mol. The van der Waals surface area contributed by atoms with E-state index in [1.165, 1.54) is 12.3 Å². The van der Waals surface area contributed by atoms with E-state index in [4.69, 9.17) is 5.73 Å². The highest BCUT2D eigenvalue weighted by Gasteiger charge is 2.21. The number of halogens is 1. The molecule has 1 aromatic heterocycles. The van der Waals surface area contributed by atoms with Gasteiger partial charge in [0.2, 0.25) is 0 Å². The molecule has 108 valence electrons. The van der Waals surface area contributed by atoms with E-state index in [-0.39, 0.29) is 17.8 Å². The van der Waals surface area contributed by atoms with Crippen molar-refractivity contribution in [1.82, 2.24) is 9.88 Å². The molecule has 3 nitrogen and oxygen atoms in total. The molecule has 0 fully saturated rings. The van der Waals surface area contributed by atoms with Crippen LogP contribution in [0.25, 0.3) is 0 Å².